The zero-order chi connectivity index (χ0) is 19.2. The fraction of sp³-hybridized carbons (Fsp3) is 0.238. The SMILES string of the molecule is CC(=O)N1CCN(c2ccc(OC(=O)/C=C/c3cccc(Cl)c3)cc2)CC1. The summed E-state index contributed by atoms with van der Waals surface area (Å²) in [6.45, 7) is 4.63. The van der Waals surface area contributed by atoms with E-state index < -0.39 is 5.97 Å². The van der Waals surface area contributed by atoms with Gasteiger partial charge in [-0.25, -0.2) is 4.79 Å². The number of nitrogens with zero attached hydrogens (tertiary/aromatic N) is 2. The zero-order valence-corrected chi connectivity index (χ0v) is 15.9. The molecule has 1 fully saturated rings. The van der Waals surface area contributed by atoms with Gasteiger partial charge in [0.25, 0.3) is 0 Å². The zero-order valence-electron chi connectivity index (χ0n) is 15.1. The molecular formula is C21H21ClN2O3. The van der Waals surface area contributed by atoms with Crippen molar-refractivity contribution in [1.82, 2.24) is 4.90 Å². The summed E-state index contributed by atoms with van der Waals surface area (Å²) >= 11 is 5.92. The van der Waals surface area contributed by atoms with E-state index in [4.69, 9.17) is 16.3 Å². The number of halogens is 1. The lowest BCUT2D eigenvalue weighted by molar-refractivity contribution is -0.129. The second-order valence-electron chi connectivity index (χ2n) is 6.30. The molecule has 1 amide bonds. The number of hydrogen-bond acceptors (Lipinski definition) is 4. The Bertz CT molecular complexity index is 841. The fourth-order valence-corrected chi connectivity index (χ4v) is 3.13. The second-order valence-corrected chi connectivity index (χ2v) is 6.73. The number of hydrogen-bond donors (Lipinski definition) is 0. The van der Waals surface area contributed by atoms with E-state index in [2.05, 4.69) is 4.90 Å². The molecule has 1 aliphatic heterocycles. The quantitative estimate of drug-likeness (QED) is 0.459. The standard InChI is InChI=1S/C21H21ClN2O3/c1-16(25)23-11-13-24(14-12-23)19-6-8-20(9-7-19)27-21(26)10-5-17-3-2-4-18(22)15-17/h2-10,15H,11-14H2,1H3/b10-5+. The summed E-state index contributed by atoms with van der Waals surface area (Å²) in [4.78, 5) is 27.4. The Balaban J connectivity index is 1.54. The first-order valence-corrected chi connectivity index (χ1v) is 9.15. The molecule has 1 saturated heterocycles. The molecule has 0 aliphatic carbocycles. The van der Waals surface area contributed by atoms with E-state index in [0.717, 1.165) is 37.4 Å². The van der Waals surface area contributed by atoms with Gasteiger partial charge in [-0.15, -0.1) is 0 Å². The van der Waals surface area contributed by atoms with Crippen LogP contribution in [0.5, 0.6) is 5.75 Å². The molecule has 0 saturated carbocycles. The van der Waals surface area contributed by atoms with Crippen LogP contribution in [0.4, 0.5) is 5.69 Å². The first-order valence-electron chi connectivity index (χ1n) is 8.77. The van der Waals surface area contributed by atoms with Gasteiger partial charge >= 0.3 is 5.97 Å². The van der Waals surface area contributed by atoms with E-state index >= 15 is 0 Å². The molecule has 140 valence electrons. The summed E-state index contributed by atoms with van der Waals surface area (Å²) in [6.07, 6.45) is 3.04. The molecule has 0 bridgehead atoms. The monoisotopic (exact) mass is 384 g/mol. The van der Waals surface area contributed by atoms with Crippen LogP contribution >= 0.6 is 11.6 Å². The van der Waals surface area contributed by atoms with E-state index in [1.54, 1.807) is 37.3 Å². The van der Waals surface area contributed by atoms with Gasteiger partial charge in [0.15, 0.2) is 0 Å². The lowest BCUT2D eigenvalue weighted by atomic mass is 10.2. The van der Waals surface area contributed by atoms with Gasteiger partial charge in [-0.2, -0.15) is 0 Å². The molecule has 1 aliphatic rings. The highest BCUT2D eigenvalue weighted by Gasteiger charge is 2.18. The van der Waals surface area contributed by atoms with Crippen molar-refractivity contribution in [2.75, 3.05) is 31.1 Å². The molecule has 0 spiro atoms. The summed E-state index contributed by atoms with van der Waals surface area (Å²) in [5, 5.41) is 0.616. The highest BCUT2D eigenvalue weighted by Crippen LogP contribution is 2.21. The minimum absolute atomic E-state index is 0.114. The van der Waals surface area contributed by atoms with Crippen LogP contribution in [0.15, 0.2) is 54.6 Å². The highest BCUT2D eigenvalue weighted by atomic mass is 35.5. The van der Waals surface area contributed by atoms with Crippen LogP contribution in [-0.2, 0) is 9.59 Å². The van der Waals surface area contributed by atoms with Crippen LogP contribution in [0.25, 0.3) is 6.08 Å². The van der Waals surface area contributed by atoms with Crippen molar-refractivity contribution in [2.45, 2.75) is 6.92 Å². The molecule has 0 atom stereocenters. The van der Waals surface area contributed by atoms with E-state index in [0.29, 0.717) is 10.8 Å². The molecule has 0 unspecified atom stereocenters. The minimum Gasteiger partial charge on any atom is -0.423 e. The van der Waals surface area contributed by atoms with Crippen LogP contribution in [0.3, 0.4) is 0 Å². The van der Waals surface area contributed by atoms with Gasteiger partial charge in [-0.05, 0) is 48.0 Å². The number of carbonyl (C=O) groups excluding carboxylic acids is 2. The predicted octanol–water partition coefficient (Wildman–Crippen LogP) is 3.63. The number of esters is 1. The van der Waals surface area contributed by atoms with Gasteiger partial charge in [-0.3, -0.25) is 4.79 Å². The predicted molar refractivity (Wildman–Crippen MR) is 107 cm³/mol. The third-order valence-electron chi connectivity index (χ3n) is 4.41. The van der Waals surface area contributed by atoms with Crippen LogP contribution in [0.1, 0.15) is 12.5 Å². The maximum Gasteiger partial charge on any atom is 0.336 e. The molecule has 1 heterocycles. The van der Waals surface area contributed by atoms with E-state index in [-0.39, 0.29) is 5.91 Å². The maximum atomic E-state index is 12.0. The van der Waals surface area contributed by atoms with E-state index in [1.165, 1.54) is 6.08 Å². The molecule has 0 aromatic heterocycles. The fourth-order valence-electron chi connectivity index (χ4n) is 2.93. The average molecular weight is 385 g/mol. The van der Waals surface area contributed by atoms with Crippen LogP contribution in [-0.4, -0.2) is 43.0 Å². The third kappa shape index (κ3) is 5.34. The number of anilines is 1. The maximum absolute atomic E-state index is 12.0. The molecule has 6 heteroatoms. The van der Waals surface area contributed by atoms with E-state index in [9.17, 15) is 9.59 Å². The molecule has 2 aromatic carbocycles. The summed E-state index contributed by atoms with van der Waals surface area (Å²) in [5.41, 5.74) is 1.88. The first-order chi connectivity index (χ1) is 13.0. The molecule has 2 aromatic rings. The highest BCUT2D eigenvalue weighted by molar-refractivity contribution is 6.30. The van der Waals surface area contributed by atoms with Crippen molar-refractivity contribution < 1.29 is 14.3 Å². The molecule has 3 rings (SSSR count). The van der Waals surface area contributed by atoms with Gasteiger partial charge in [0.2, 0.25) is 5.91 Å². The van der Waals surface area contributed by atoms with Gasteiger partial charge in [0.1, 0.15) is 5.75 Å². The largest absolute Gasteiger partial charge is 0.423 e. The second kappa shape index (κ2) is 8.73. The van der Waals surface area contributed by atoms with Crippen molar-refractivity contribution in [3.05, 3.63) is 65.2 Å². The number of benzene rings is 2. The summed E-state index contributed by atoms with van der Waals surface area (Å²) in [5.74, 6) is 0.155. The first kappa shape index (κ1) is 19.0. The summed E-state index contributed by atoms with van der Waals surface area (Å²) < 4.78 is 5.33. The summed E-state index contributed by atoms with van der Waals surface area (Å²) in [6, 6.07) is 14.6. The Morgan fingerprint density at radius 2 is 1.74 bits per heavy atom. The number of ether oxygens (including phenoxy) is 1. The van der Waals surface area contributed by atoms with Gasteiger partial charge < -0.3 is 14.5 Å². The Labute approximate surface area is 163 Å². The third-order valence-corrected chi connectivity index (χ3v) is 4.64. The lowest BCUT2D eigenvalue weighted by Crippen LogP contribution is -2.48. The van der Waals surface area contributed by atoms with Gasteiger partial charge in [0, 0.05) is 49.9 Å². The Hall–Kier alpha value is -2.79. The van der Waals surface area contributed by atoms with Crippen molar-refractivity contribution in [3.8, 4) is 5.75 Å². The lowest BCUT2D eigenvalue weighted by Gasteiger charge is -2.35. The number of carbonyl (C=O) groups is 2. The van der Waals surface area contributed by atoms with Crippen LogP contribution in [0.2, 0.25) is 5.02 Å². The smallest absolute Gasteiger partial charge is 0.336 e. The number of piperazine rings is 1. The van der Waals surface area contributed by atoms with Crippen LogP contribution in [0, 0.1) is 0 Å². The average Bonchev–Trinajstić information content (AvgIpc) is 2.67. The minimum atomic E-state index is -0.446. The Morgan fingerprint density at radius 3 is 2.37 bits per heavy atom. The molecule has 0 N–H and O–H groups in total. The van der Waals surface area contributed by atoms with Gasteiger partial charge in [-0.1, -0.05) is 23.7 Å². The van der Waals surface area contributed by atoms with Crippen LogP contribution < -0.4 is 9.64 Å². The molecule has 0 radical (unpaired) electrons. The normalized spacial score (nSPS) is 14.4. The van der Waals surface area contributed by atoms with E-state index in [1.807, 2.05) is 29.2 Å². The number of amides is 1. The number of rotatable bonds is 4. The topological polar surface area (TPSA) is 49.9 Å². The summed E-state index contributed by atoms with van der Waals surface area (Å²) in [7, 11) is 0. The molecule has 27 heavy (non-hydrogen) atoms. The van der Waals surface area contributed by atoms with Crippen molar-refractivity contribution in [2.24, 2.45) is 0 Å². The Kier molecular flexibility index (Phi) is 6.14. The van der Waals surface area contributed by atoms with Crippen molar-refractivity contribution in [1.29, 1.82) is 0 Å². The van der Waals surface area contributed by atoms with Crippen molar-refractivity contribution in [3.63, 3.8) is 0 Å². The van der Waals surface area contributed by atoms with Gasteiger partial charge in [0.05, 0.1) is 0 Å². The van der Waals surface area contributed by atoms with Crippen molar-refractivity contribution >= 4 is 35.2 Å². The molecule has 5 nitrogen and oxygen atoms in total. The molecular weight excluding hydrogens is 364 g/mol. The Morgan fingerprint density at radius 1 is 1.04 bits per heavy atom.